The van der Waals surface area contributed by atoms with Crippen LogP contribution in [0.3, 0.4) is 0 Å². The molecule has 1 aliphatic heterocycles. The molecule has 0 aliphatic carbocycles. The van der Waals surface area contributed by atoms with E-state index in [1.807, 2.05) is 10.7 Å². The maximum absolute atomic E-state index is 4.81. The van der Waals surface area contributed by atoms with Crippen LogP contribution >= 0.6 is 11.3 Å². The lowest BCUT2D eigenvalue weighted by molar-refractivity contribution is 0.311. The Morgan fingerprint density at radius 1 is 1.10 bits per heavy atom. The quantitative estimate of drug-likeness (QED) is 0.727. The largest absolute Gasteiger partial charge is 0.353 e. The fraction of sp³-hybridized carbons (Fsp3) is 0.333. The van der Waals surface area contributed by atoms with Gasteiger partial charge in [0.05, 0.1) is 11.9 Å². The summed E-state index contributed by atoms with van der Waals surface area (Å²) in [4.78, 5) is 9.15. The van der Waals surface area contributed by atoms with E-state index in [2.05, 4.69) is 50.8 Å². The molecule has 0 atom stereocenters. The van der Waals surface area contributed by atoms with E-state index >= 15 is 0 Å². The van der Waals surface area contributed by atoms with Gasteiger partial charge in [0.25, 0.3) is 0 Å². The average Bonchev–Trinajstić information content (AvgIpc) is 3.16. The molecular formula is C15H17N5S. The third kappa shape index (κ3) is 2.30. The summed E-state index contributed by atoms with van der Waals surface area (Å²) in [5, 5.41) is 9.02. The number of rotatable bonds is 2. The van der Waals surface area contributed by atoms with Crippen LogP contribution in [-0.4, -0.2) is 52.7 Å². The molecule has 1 saturated heterocycles. The third-order valence-corrected chi connectivity index (χ3v) is 4.68. The number of likely N-dealkylation sites (N-methyl/N-ethyl adjacent to an activating group) is 1. The minimum absolute atomic E-state index is 0.897. The lowest BCUT2D eigenvalue weighted by Crippen LogP contribution is -2.44. The van der Waals surface area contributed by atoms with Crippen molar-refractivity contribution < 1.29 is 0 Å². The Bertz CT molecular complexity index is 741. The molecule has 0 saturated carbocycles. The molecule has 1 aliphatic rings. The van der Waals surface area contributed by atoms with Crippen molar-refractivity contribution in [2.75, 3.05) is 38.1 Å². The van der Waals surface area contributed by atoms with Crippen molar-refractivity contribution in [3.8, 4) is 11.3 Å². The number of hydrogen-bond donors (Lipinski definition) is 0. The molecule has 5 nitrogen and oxygen atoms in total. The van der Waals surface area contributed by atoms with Gasteiger partial charge in [-0.15, -0.1) is 5.10 Å². The molecule has 0 radical (unpaired) electrons. The standard InChI is InChI=1S/C15H17N5S/c1-18-5-7-19(8-6-18)15-3-2-14-16-10-13(20(14)17-15)12-4-9-21-11-12/h2-4,9-11H,5-8H2,1H3. The summed E-state index contributed by atoms with van der Waals surface area (Å²) in [6.45, 7) is 4.22. The predicted molar refractivity (Wildman–Crippen MR) is 86.0 cm³/mol. The first-order valence-corrected chi connectivity index (χ1v) is 8.06. The molecule has 21 heavy (non-hydrogen) atoms. The number of hydrogen-bond acceptors (Lipinski definition) is 5. The Morgan fingerprint density at radius 2 is 1.95 bits per heavy atom. The lowest BCUT2D eigenvalue weighted by atomic mass is 10.3. The molecule has 4 heterocycles. The summed E-state index contributed by atoms with van der Waals surface area (Å²) < 4.78 is 1.95. The highest BCUT2D eigenvalue weighted by Gasteiger charge is 2.16. The van der Waals surface area contributed by atoms with Gasteiger partial charge in [-0.25, -0.2) is 9.50 Å². The number of nitrogens with zero attached hydrogens (tertiary/aromatic N) is 5. The summed E-state index contributed by atoms with van der Waals surface area (Å²) in [5.41, 5.74) is 3.13. The first-order chi connectivity index (χ1) is 10.3. The molecule has 6 heteroatoms. The zero-order valence-corrected chi connectivity index (χ0v) is 12.8. The summed E-state index contributed by atoms with van der Waals surface area (Å²) in [6.07, 6.45) is 1.90. The number of anilines is 1. The molecule has 0 aromatic carbocycles. The maximum Gasteiger partial charge on any atom is 0.154 e. The molecule has 4 rings (SSSR count). The highest BCUT2D eigenvalue weighted by atomic mass is 32.1. The maximum atomic E-state index is 4.81. The van der Waals surface area contributed by atoms with E-state index in [1.165, 1.54) is 5.56 Å². The third-order valence-electron chi connectivity index (χ3n) is 3.99. The Labute approximate surface area is 127 Å². The molecule has 0 amide bonds. The van der Waals surface area contributed by atoms with Crippen LogP contribution in [-0.2, 0) is 0 Å². The first kappa shape index (κ1) is 12.8. The van der Waals surface area contributed by atoms with Crippen LogP contribution in [0.1, 0.15) is 0 Å². The SMILES string of the molecule is CN1CCN(c2ccc3ncc(-c4ccsc4)n3n2)CC1. The molecule has 0 bridgehead atoms. The van der Waals surface area contributed by atoms with Gasteiger partial charge in [-0.3, -0.25) is 0 Å². The fourth-order valence-electron chi connectivity index (χ4n) is 2.67. The first-order valence-electron chi connectivity index (χ1n) is 7.12. The molecule has 0 unspecified atom stereocenters. The summed E-state index contributed by atoms with van der Waals surface area (Å²) in [7, 11) is 2.17. The van der Waals surface area contributed by atoms with Crippen LogP contribution in [0.15, 0.2) is 35.2 Å². The van der Waals surface area contributed by atoms with Crippen molar-refractivity contribution >= 4 is 22.8 Å². The smallest absolute Gasteiger partial charge is 0.154 e. The lowest BCUT2D eigenvalue weighted by Gasteiger charge is -2.33. The van der Waals surface area contributed by atoms with Gasteiger partial charge in [-0.05, 0) is 30.6 Å². The van der Waals surface area contributed by atoms with E-state index in [-0.39, 0.29) is 0 Å². The zero-order chi connectivity index (χ0) is 14.2. The number of piperazine rings is 1. The fourth-order valence-corrected chi connectivity index (χ4v) is 3.32. The van der Waals surface area contributed by atoms with Gasteiger partial charge in [-0.2, -0.15) is 11.3 Å². The molecule has 3 aromatic heterocycles. The summed E-state index contributed by atoms with van der Waals surface area (Å²) >= 11 is 1.69. The van der Waals surface area contributed by atoms with Gasteiger partial charge in [0.15, 0.2) is 5.65 Å². The van der Waals surface area contributed by atoms with E-state index in [4.69, 9.17) is 5.10 Å². The zero-order valence-electron chi connectivity index (χ0n) is 11.9. The average molecular weight is 299 g/mol. The summed E-state index contributed by atoms with van der Waals surface area (Å²) in [5.74, 6) is 1.03. The predicted octanol–water partition coefficient (Wildman–Crippen LogP) is 2.21. The topological polar surface area (TPSA) is 36.7 Å². The van der Waals surface area contributed by atoms with Crippen LogP contribution in [0.25, 0.3) is 16.9 Å². The van der Waals surface area contributed by atoms with Crippen molar-refractivity contribution in [2.24, 2.45) is 0 Å². The minimum atomic E-state index is 0.897. The van der Waals surface area contributed by atoms with Crippen LogP contribution in [0.4, 0.5) is 5.82 Å². The van der Waals surface area contributed by atoms with E-state index < -0.39 is 0 Å². The Balaban J connectivity index is 1.73. The second-order valence-electron chi connectivity index (χ2n) is 5.41. The summed E-state index contributed by atoms with van der Waals surface area (Å²) in [6, 6.07) is 6.24. The molecular weight excluding hydrogens is 282 g/mol. The van der Waals surface area contributed by atoms with Gasteiger partial charge in [0, 0.05) is 37.1 Å². The molecule has 108 valence electrons. The van der Waals surface area contributed by atoms with Crippen molar-refractivity contribution in [3.63, 3.8) is 0 Å². The molecule has 1 fully saturated rings. The number of thiophene rings is 1. The van der Waals surface area contributed by atoms with Gasteiger partial charge in [-0.1, -0.05) is 0 Å². The van der Waals surface area contributed by atoms with Gasteiger partial charge in [0.2, 0.25) is 0 Å². The van der Waals surface area contributed by atoms with E-state index in [0.717, 1.165) is 43.3 Å². The van der Waals surface area contributed by atoms with Crippen LogP contribution in [0.5, 0.6) is 0 Å². The van der Waals surface area contributed by atoms with Crippen molar-refractivity contribution in [1.82, 2.24) is 19.5 Å². The Kier molecular flexibility index (Phi) is 3.12. The van der Waals surface area contributed by atoms with Crippen LogP contribution < -0.4 is 4.90 Å². The molecule has 0 N–H and O–H groups in total. The van der Waals surface area contributed by atoms with Crippen LogP contribution in [0, 0.1) is 0 Å². The number of imidazole rings is 1. The number of fused-ring (bicyclic) bond motifs is 1. The monoisotopic (exact) mass is 299 g/mol. The van der Waals surface area contributed by atoms with Crippen LogP contribution in [0.2, 0.25) is 0 Å². The highest BCUT2D eigenvalue weighted by molar-refractivity contribution is 7.08. The van der Waals surface area contributed by atoms with Gasteiger partial charge in [0.1, 0.15) is 5.82 Å². The van der Waals surface area contributed by atoms with Gasteiger partial charge >= 0.3 is 0 Å². The molecule has 0 spiro atoms. The highest BCUT2D eigenvalue weighted by Crippen LogP contribution is 2.24. The van der Waals surface area contributed by atoms with Crippen molar-refractivity contribution in [2.45, 2.75) is 0 Å². The second-order valence-corrected chi connectivity index (χ2v) is 6.19. The van der Waals surface area contributed by atoms with Gasteiger partial charge < -0.3 is 9.80 Å². The Hall–Kier alpha value is -1.92. The van der Waals surface area contributed by atoms with E-state index in [1.54, 1.807) is 11.3 Å². The molecule has 3 aromatic rings. The minimum Gasteiger partial charge on any atom is -0.353 e. The van der Waals surface area contributed by atoms with E-state index in [0.29, 0.717) is 0 Å². The normalized spacial score (nSPS) is 16.7. The number of aromatic nitrogens is 3. The Morgan fingerprint density at radius 3 is 2.71 bits per heavy atom. The second kappa shape index (κ2) is 5.13. The van der Waals surface area contributed by atoms with E-state index in [9.17, 15) is 0 Å². The van der Waals surface area contributed by atoms with Crippen molar-refractivity contribution in [1.29, 1.82) is 0 Å². The van der Waals surface area contributed by atoms with Crippen molar-refractivity contribution in [3.05, 3.63) is 35.2 Å².